The van der Waals surface area contributed by atoms with Gasteiger partial charge in [0, 0.05) is 0 Å². The number of allylic oxidation sites excluding steroid dienone is 1. The quantitative estimate of drug-likeness (QED) is 0.101. The van der Waals surface area contributed by atoms with Crippen LogP contribution in [-0.4, -0.2) is 35.1 Å². The molecule has 4 aromatic rings. The maximum absolute atomic E-state index is 16.8. The van der Waals surface area contributed by atoms with E-state index in [0.29, 0.717) is 14.3 Å². The molecule has 0 aliphatic heterocycles. The van der Waals surface area contributed by atoms with Gasteiger partial charge >= 0.3 is 265 Å². The molecule has 4 aromatic carbocycles. The fourth-order valence-corrected chi connectivity index (χ4v) is 12.3. The van der Waals surface area contributed by atoms with Crippen molar-refractivity contribution >= 4 is 52.4 Å². The maximum atomic E-state index is 16.8. The predicted molar refractivity (Wildman–Crippen MR) is 167 cm³/mol. The van der Waals surface area contributed by atoms with Gasteiger partial charge in [0.05, 0.1) is 0 Å². The Balaban J connectivity index is 1.59. The molecule has 0 heterocycles. The molecule has 4 nitrogen and oxygen atoms in total. The molecule has 0 fully saturated rings. The van der Waals surface area contributed by atoms with Crippen molar-refractivity contribution < 1.29 is 42.1 Å². The first-order valence-electron chi connectivity index (χ1n) is 12.8. The van der Waals surface area contributed by atoms with Crippen LogP contribution in [0.2, 0.25) is 0 Å². The van der Waals surface area contributed by atoms with E-state index in [1.807, 2.05) is 0 Å². The first-order chi connectivity index (χ1) is 20.9. The minimum atomic E-state index is -6.05. The van der Waals surface area contributed by atoms with Crippen molar-refractivity contribution in [3.63, 3.8) is 0 Å². The zero-order valence-electron chi connectivity index (χ0n) is 22.4. The van der Waals surface area contributed by atoms with Crippen molar-refractivity contribution in [3.05, 3.63) is 148 Å². The molecular formula is C32H22F6I2O4. The third-order valence-electron chi connectivity index (χ3n) is 6.47. The van der Waals surface area contributed by atoms with Gasteiger partial charge in [-0.1, -0.05) is 0 Å². The zero-order valence-corrected chi connectivity index (χ0v) is 26.7. The van der Waals surface area contributed by atoms with Crippen molar-refractivity contribution in [2.45, 2.75) is 23.2 Å². The van der Waals surface area contributed by atoms with Gasteiger partial charge in [0.15, 0.2) is 0 Å². The second kappa shape index (κ2) is 12.5. The molecule has 1 aliphatic carbocycles. The summed E-state index contributed by atoms with van der Waals surface area (Å²) in [5.74, 6) is -16.3. The summed E-state index contributed by atoms with van der Waals surface area (Å²) in [5.41, 5.74) is -10.2. The molecule has 0 amide bonds. The fraction of sp³-hybridized carbons (Fsp3) is 0.125. The number of halogens is 8. The van der Waals surface area contributed by atoms with Crippen LogP contribution in [0.5, 0.6) is 0 Å². The Kier molecular flexibility index (Phi) is 9.12. The number of carbonyl (C=O) groups is 2. The molecule has 44 heavy (non-hydrogen) atoms. The van der Waals surface area contributed by atoms with Crippen LogP contribution in [0.3, 0.4) is 0 Å². The standard InChI is InChI=1S/C32H22F6I2O4/c33-29(27(41)43-39(23-13-5-1-6-14-23)24-15-7-2-8-16-24)21-22-30(34,35)32(37,38)31(29,36)28(42)44-40(25-17-9-3-10-18-25)26-19-11-4-12-20-26/h1-22H. The Morgan fingerprint density at radius 1 is 0.477 bits per heavy atom. The Hall–Kier alpha value is -3.40. The van der Waals surface area contributed by atoms with Crippen LogP contribution < -0.4 is 0 Å². The molecule has 5 rings (SSSR count). The van der Waals surface area contributed by atoms with E-state index in [-0.39, 0.29) is 6.08 Å². The summed E-state index contributed by atoms with van der Waals surface area (Å²) >= 11 is -7.18. The van der Waals surface area contributed by atoms with Crippen LogP contribution in [0, 0.1) is 14.3 Å². The number of benzene rings is 4. The molecular weight excluding hydrogens is 816 g/mol. The van der Waals surface area contributed by atoms with Gasteiger partial charge in [-0.15, -0.1) is 0 Å². The molecule has 0 spiro atoms. The van der Waals surface area contributed by atoms with Crippen molar-refractivity contribution in [1.29, 1.82) is 0 Å². The van der Waals surface area contributed by atoms with Crippen LogP contribution in [-0.2, 0) is 15.7 Å². The predicted octanol–water partition coefficient (Wildman–Crippen LogP) is 8.65. The number of carbonyl (C=O) groups excluding carboxylic acids is 2. The molecule has 2 atom stereocenters. The molecule has 0 N–H and O–H groups in total. The van der Waals surface area contributed by atoms with Gasteiger partial charge in [0.25, 0.3) is 0 Å². The first-order valence-corrected chi connectivity index (χ1v) is 18.9. The molecule has 0 radical (unpaired) electrons. The van der Waals surface area contributed by atoms with Gasteiger partial charge in [-0.2, -0.15) is 0 Å². The average molecular weight is 838 g/mol. The summed E-state index contributed by atoms with van der Waals surface area (Å²) in [6.07, 6.45) is -0.977. The molecule has 0 aromatic heterocycles. The summed E-state index contributed by atoms with van der Waals surface area (Å²) in [5, 5.41) is 0. The van der Waals surface area contributed by atoms with Gasteiger partial charge in [-0.05, 0) is 0 Å². The Morgan fingerprint density at radius 2 is 0.795 bits per heavy atom. The van der Waals surface area contributed by atoms with Gasteiger partial charge in [-0.3, -0.25) is 0 Å². The summed E-state index contributed by atoms with van der Waals surface area (Å²) in [4.78, 5) is 27.0. The van der Waals surface area contributed by atoms with E-state index in [4.69, 9.17) is 6.13 Å². The van der Waals surface area contributed by atoms with Crippen molar-refractivity contribution in [1.82, 2.24) is 0 Å². The van der Waals surface area contributed by atoms with Gasteiger partial charge < -0.3 is 0 Å². The second-order valence-corrected chi connectivity index (χ2v) is 18.0. The Bertz CT molecular complexity index is 1570. The zero-order chi connectivity index (χ0) is 31.6. The normalized spacial score (nSPS) is 22.4. The molecule has 0 bridgehead atoms. The van der Waals surface area contributed by atoms with Crippen LogP contribution >= 0.6 is 40.5 Å². The van der Waals surface area contributed by atoms with E-state index in [0.717, 1.165) is 0 Å². The van der Waals surface area contributed by atoms with E-state index in [1.165, 1.54) is 24.3 Å². The van der Waals surface area contributed by atoms with Crippen LogP contribution in [0.15, 0.2) is 133 Å². The van der Waals surface area contributed by atoms with Gasteiger partial charge in [-0.25, -0.2) is 0 Å². The number of hydrogen-bond acceptors (Lipinski definition) is 4. The third-order valence-corrected chi connectivity index (χ3v) is 15.6. The van der Waals surface area contributed by atoms with E-state index in [9.17, 15) is 18.4 Å². The number of hydrogen-bond donors (Lipinski definition) is 0. The first kappa shape index (κ1) is 32.0. The van der Waals surface area contributed by atoms with Crippen LogP contribution in [0.4, 0.5) is 26.3 Å². The minimum absolute atomic E-state index is 0.301. The van der Waals surface area contributed by atoms with E-state index in [2.05, 4.69) is 0 Å². The third kappa shape index (κ3) is 5.61. The SMILES string of the molecule is O=C(OI(c1ccccc1)c1ccccc1)C1(F)C=CC(F)(F)C(F)(F)C1(F)C(=O)OI(c1ccccc1)c1ccccc1. The molecule has 0 saturated carbocycles. The Labute approximate surface area is 263 Å². The molecule has 1 aliphatic rings. The molecule has 0 saturated heterocycles. The van der Waals surface area contributed by atoms with E-state index in [1.54, 1.807) is 97.1 Å². The summed E-state index contributed by atoms with van der Waals surface area (Å²) in [6, 6.07) is 31.2. The fourth-order valence-electron chi connectivity index (χ4n) is 4.18. The van der Waals surface area contributed by atoms with Gasteiger partial charge in [0.2, 0.25) is 0 Å². The molecule has 230 valence electrons. The number of alkyl halides is 6. The average Bonchev–Trinajstić information content (AvgIpc) is 3.05. The van der Waals surface area contributed by atoms with Crippen molar-refractivity contribution in [2.24, 2.45) is 0 Å². The van der Waals surface area contributed by atoms with Crippen molar-refractivity contribution in [3.8, 4) is 0 Å². The summed E-state index contributed by atoms with van der Waals surface area (Å²) in [7, 11) is 0. The number of rotatable bonds is 8. The monoisotopic (exact) mass is 838 g/mol. The van der Waals surface area contributed by atoms with E-state index < -0.39 is 81.7 Å². The molecule has 2 unspecified atom stereocenters. The Morgan fingerprint density at radius 3 is 1.14 bits per heavy atom. The van der Waals surface area contributed by atoms with Crippen LogP contribution in [0.25, 0.3) is 0 Å². The molecule has 12 heteroatoms. The summed E-state index contributed by atoms with van der Waals surface area (Å²) in [6.45, 7) is 0. The van der Waals surface area contributed by atoms with Crippen molar-refractivity contribution in [2.75, 3.05) is 0 Å². The summed E-state index contributed by atoms with van der Waals surface area (Å²) < 4.78 is 106. The van der Waals surface area contributed by atoms with E-state index >= 15 is 17.6 Å². The topological polar surface area (TPSA) is 52.6 Å². The van der Waals surface area contributed by atoms with Crippen LogP contribution in [0.1, 0.15) is 0 Å². The second-order valence-electron chi connectivity index (χ2n) is 9.31. The van der Waals surface area contributed by atoms with Gasteiger partial charge in [0.1, 0.15) is 0 Å².